The van der Waals surface area contributed by atoms with Gasteiger partial charge in [-0.05, 0) is 24.6 Å². The van der Waals surface area contributed by atoms with E-state index in [-0.39, 0.29) is 12.0 Å². The van der Waals surface area contributed by atoms with Crippen LogP contribution in [0.15, 0.2) is 70.1 Å². The van der Waals surface area contributed by atoms with Gasteiger partial charge in [-0.25, -0.2) is 4.98 Å². The van der Waals surface area contributed by atoms with Crippen molar-refractivity contribution in [3.05, 3.63) is 71.9 Å². The van der Waals surface area contributed by atoms with E-state index in [9.17, 15) is 5.11 Å². The number of nitrogens with zero attached hydrogens (tertiary/aromatic N) is 2. The van der Waals surface area contributed by atoms with Crippen molar-refractivity contribution in [1.29, 1.82) is 0 Å². The number of benzene rings is 2. The van der Waals surface area contributed by atoms with Crippen molar-refractivity contribution in [2.24, 2.45) is 4.99 Å². The molecule has 0 aliphatic heterocycles. The molecule has 1 N–H and O–H groups in total. The van der Waals surface area contributed by atoms with E-state index in [4.69, 9.17) is 4.42 Å². The normalized spacial score (nSPS) is 12.6. The van der Waals surface area contributed by atoms with E-state index in [2.05, 4.69) is 9.98 Å². The highest BCUT2D eigenvalue weighted by Crippen LogP contribution is 2.25. The summed E-state index contributed by atoms with van der Waals surface area (Å²) in [4.78, 5) is 8.70. The Morgan fingerprint density at radius 1 is 1.05 bits per heavy atom. The summed E-state index contributed by atoms with van der Waals surface area (Å²) in [6.45, 7) is 1.99. The summed E-state index contributed by atoms with van der Waals surface area (Å²) in [5, 5.41) is 9.86. The van der Waals surface area contributed by atoms with Gasteiger partial charge in [0.05, 0.1) is 12.3 Å². The van der Waals surface area contributed by atoms with Crippen molar-refractivity contribution >= 4 is 6.21 Å². The Kier molecular flexibility index (Phi) is 4.01. The first-order chi connectivity index (χ1) is 10.7. The summed E-state index contributed by atoms with van der Waals surface area (Å²) in [7, 11) is 0. The molecule has 3 aromatic rings. The van der Waals surface area contributed by atoms with Crippen LogP contribution in [-0.2, 0) is 0 Å². The number of oxazole rings is 1. The van der Waals surface area contributed by atoms with Gasteiger partial charge in [0, 0.05) is 5.56 Å². The Hall–Kier alpha value is -2.88. The Morgan fingerprint density at radius 2 is 1.68 bits per heavy atom. The molecule has 3 rings (SSSR count). The Labute approximate surface area is 128 Å². The zero-order valence-electron chi connectivity index (χ0n) is 12.2. The van der Waals surface area contributed by atoms with Crippen molar-refractivity contribution in [2.45, 2.75) is 13.0 Å². The zero-order valence-corrected chi connectivity index (χ0v) is 12.2. The highest BCUT2D eigenvalue weighted by Gasteiger charge is 2.12. The van der Waals surface area contributed by atoms with E-state index in [1.54, 1.807) is 6.21 Å². The Morgan fingerprint density at radius 3 is 2.36 bits per heavy atom. The second kappa shape index (κ2) is 6.26. The molecule has 1 heterocycles. The van der Waals surface area contributed by atoms with Gasteiger partial charge >= 0.3 is 5.95 Å². The maximum absolute atomic E-state index is 9.86. The van der Waals surface area contributed by atoms with Crippen molar-refractivity contribution in [3.63, 3.8) is 0 Å². The van der Waals surface area contributed by atoms with Crippen LogP contribution < -0.4 is 0 Å². The summed E-state index contributed by atoms with van der Waals surface area (Å²) in [6, 6.07) is 19.4. The molecule has 0 spiro atoms. The van der Waals surface area contributed by atoms with E-state index < -0.39 is 0 Å². The monoisotopic (exact) mass is 292 g/mol. The highest BCUT2D eigenvalue weighted by atomic mass is 16.5. The summed E-state index contributed by atoms with van der Waals surface area (Å²) in [5.41, 5.74) is 2.25. The molecule has 0 amide bonds. The van der Waals surface area contributed by atoms with Crippen LogP contribution in [0.2, 0.25) is 0 Å². The molecule has 0 bridgehead atoms. The molecule has 0 saturated heterocycles. The lowest BCUT2D eigenvalue weighted by atomic mass is 10.1. The average Bonchev–Trinajstić information content (AvgIpc) is 2.95. The molecule has 1 atom stereocenters. The fraction of sp³-hybridized carbons (Fsp3) is 0.111. The fourth-order valence-electron chi connectivity index (χ4n) is 2.11. The molecule has 1 aromatic heterocycles. The minimum Gasteiger partial charge on any atom is -0.479 e. The van der Waals surface area contributed by atoms with Crippen LogP contribution in [0.25, 0.3) is 11.5 Å². The third kappa shape index (κ3) is 3.06. The second-order valence-corrected chi connectivity index (χ2v) is 4.94. The van der Waals surface area contributed by atoms with Crippen LogP contribution in [0.5, 0.6) is 5.95 Å². The second-order valence-electron chi connectivity index (χ2n) is 4.94. The molecule has 0 radical (unpaired) electrons. The number of aromatic nitrogens is 1. The first-order valence-corrected chi connectivity index (χ1v) is 7.07. The van der Waals surface area contributed by atoms with E-state index >= 15 is 0 Å². The minimum atomic E-state index is -0.220. The summed E-state index contributed by atoms with van der Waals surface area (Å²) in [5.74, 6) is 0.162. The quantitative estimate of drug-likeness (QED) is 0.732. The fourth-order valence-corrected chi connectivity index (χ4v) is 2.11. The van der Waals surface area contributed by atoms with Gasteiger partial charge in [0.1, 0.15) is 0 Å². The smallest absolute Gasteiger partial charge is 0.312 e. The van der Waals surface area contributed by atoms with E-state index in [0.29, 0.717) is 11.6 Å². The Bertz CT molecular complexity index is 764. The molecular weight excluding hydrogens is 276 g/mol. The van der Waals surface area contributed by atoms with Gasteiger partial charge in [-0.15, -0.1) is 0 Å². The number of rotatable bonds is 4. The molecule has 110 valence electrons. The third-order valence-electron chi connectivity index (χ3n) is 3.36. The lowest BCUT2D eigenvalue weighted by molar-refractivity contribution is 0.337. The maximum Gasteiger partial charge on any atom is 0.312 e. The standard InChI is InChI=1S/C18H16N2O2/c1-13(14-8-4-2-5-9-14)19-12-16-18(21)22-17(20-16)15-10-6-3-7-11-15/h2-13,21H,1H3/t13-/m0/s1. The van der Waals surface area contributed by atoms with Crippen LogP contribution in [0.3, 0.4) is 0 Å². The molecule has 0 saturated carbocycles. The topological polar surface area (TPSA) is 58.6 Å². The van der Waals surface area contributed by atoms with Crippen molar-refractivity contribution in [3.8, 4) is 17.4 Å². The lowest BCUT2D eigenvalue weighted by Crippen LogP contribution is -1.91. The van der Waals surface area contributed by atoms with Gasteiger partial charge < -0.3 is 9.52 Å². The molecule has 0 unspecified atom stereocenters. The molecular formula is C18H16N2O2. The SMILES string of the molecule is C[C@H](N=Cc1nc(-c2ccccc2)oc1O)c1ccccc1. The van der Waals surface area contributed by atoms with Crippen molar-refractivity contribution in [1.82, 2.24) is 4.98 Å². The highest BCUT2D eigenvalue weighted by molar-refractivity contribution is 5.80. The predicted octanol–water partition coefficient (Wildman–Crippen LogP) is 4.23. The lowest BCUT2D eigenvalue weighted by Gasteiger charge is -2.04. The van der Waals surface area contributed by atoms with E-state index in [0.717, 1.165) is 11.1 Å². The molecule has 4 heteroatoms. The summed E-state index contributed by atoms with van der Waals surface area (Å²) in [6.07, 6.45) is 1.54. The summed E-state index contributed by atoms with van der Waals surface area (Å²) < 4.78 is 5.29. The molecule has 0 aliphatic carbocycles. The molecule has 0 fully saturated rings. The molecule has 0 aliphatic rings. The van der Waals surface area contributed by atoms with Gasteiger partial charge in [-0.1, -0.05) is 48.5 Å². The largest absolute Gasteiger partial charge is 0.479 e. The van der Waals surface area contributed by atoms with Crippen molar-refractivity contribution < 1.29 is 9.52 Å². The van der Waals surface area contributed by atoms with Crippen LogP contribution in [0.1, 0.15) is 24.2 Å². The van der Waals surface area contributed by atoms with Gasteiger partial charge in [-0.3, -0.25) is 4.99 Å². The van der Waals surface area contributed by atoms with Gasteiger partial charge in [0.2, 0.25) is 5.89 Å². The van der Waals surface area contributed by atoms with Crippen molar-refractivity contribution in [2.75, 3.05) is 0 Å². The Balaban J connectivity index is 1.81. The third-order valence-corrected chi connectivity index (χ3v) is 3.36. The number of aromatic hydroxyl groups is 1. The number of hydrogen-bond donors (Lipinski definition) is 1. The van der Waals surface area contributed by atoms with Crippen LogP contribution in [0, 0.1) is 0 Å². The maximum atomic E-state index is 9.86. The number of aliphatic imine (C=N–C) groups is 1. The molecule has 2 aromatic carbocycles. The van der Waals surface area contributed by atoms with Crippen LogP contribution in [0.4, 0.5) is 0 Å². The molecule has 22 heavy (non-hydrogen) atoms. The van der Waals surface area contributed by atoms with Gasteiger partial charge in [0.25, 0.3) is 0 Å². The van der Waals surface area contributed by atoms with E-state index in [1.165, 1.54) is 0 Å². The number of hydrogen-bond acceptors (Lipinski definition) is 4. The van der Waals surface area contributed by atoms with Gasteiger partial charge in [-0.2, -0.15) is 0 Å². The average molecular weight is 292 g/mol. The minimum absolute atomic E-state index is 0.0162. The van der Waals surface area contributed by atoms with E-state index in [1.807, 2.05) is 67.6 Å². The van der Waals surface area contributed by atoms with Crippen LogP contribution in [-0.4, -0.2) is 16.3 Å². The first kappa shape index (κ1) is 14.1. The predicted molar refractivity (Wildman–Crippen MR) is 86.1 cm³/mol. The zero-order chi connectivity index (χ0) is 15.4. The van der Waals surface area contributed by atoms with Crippen LogP contribution >= 0.6 is 0 Å². The van der Waals surface area contributed by atoms with Gasteiger partial charge in [0.15, 0.2) is 5.69 Å². The first-order valence-electron chi connectivity index (χ1n) is 7.07. The molecule has 4 nitrogen and oxygen atoms in total. The summed E-state index contributed by atoms with van der Waals surface area (Å²) >= 11 is 0.